The van der Waals surface area contributed by atoms with Gasteiger partial charge >= 0.3 is 6.18 Å². The van der Waals surface area contributed by atoms with E-state index in [-0.39, 0.29) is 50.4 Å². The van der Waals surface area contributed by atoms with Gasteiger partial charge in [0.25, 0.3) is 0 Å². The lowest BCUT2D eigenvalue weighted by Crippen LogP contribution is -2.59. The number of nitrogens with zero attached hydrogens (tertiary/aromatic N) is 2. The van der Waals surface area contributed by atoms with Crippen molar-refractivity contribution in [3.63, 3.8) is 0 Å². The van der Waals surface area contributed by atoms with Gasteiger partial charge in [0.05, 0.1) is 22.6 Å². The number of rotatable bonds is 8. The molecule has 0 spiro atoms. The predicted molar refractivity (Wildman–Crippen MR) is 146 cm³/mol. The zero-order chi connectivity index (χ0) is 31.9. The molecule has 2 aromatic carbocycles. The molecule has 236 valence electrons. The lowest BCUT2D eigenvalue weighted by atomic mass is 9.60. The van der Waals surface area contributed by atoms with Crippen molar-refractivity contribution in [2.45, 2.75) is 69.2 Å². The molecule has 5 rings (SSSR count). The molecule has 2 aliphatic heterocycles. The van der Waals surface area contributed by atoms with Crippen molar-refractivity contribution < 1.29 is 45.4 Å². The van der Waals surface area contributed by atoms with Gasteiger partial charge in [0.1, 0.15) is 0 Å². The first-order valence-electron chi connectivity index (χ1n) is 14.1. The Bertz CT molecular complexity index is 1520. The molecule has 13 heteroatoms. The third-order valence-corrected chi connectivity index (χ3v) is 8.79. The van der Waals surface area contributed by atoms with Crippen LogP contribution in [0.25, 0.3) is 10.9 Å². The van der Waals surface area contributed by atoms with Crippen LogP contribution in [0.15, 0.2) is 54.7 Å². The normalized spacial score (nSPS) is 23.0. The number of alkyl halides is 7. The number of likely N-dealkylation sites (tertiary alicyclic amines) is 1. The molecule has 0 saturated carbocycles. The summed E-state index contributed by atoms with van der Waals surface area (Å²) >= 11 is 0. The average Bonchev–Trinajstić information content (AvgIpc) is 2.93. The Kier molecular flexibility index (Phi) is 8.74. The molecule has 6 nitrogen and oxygen atoms in total. The fourth-order valence-electron chi connectivity index (χ4n) is 6.61. The Hall–Kier alpha value is -3.58. The summed E-state index contributed by atoms with van der Waals surface area (Å²) in [5.74, 6) is -1.52. The van der Waals surface area contributed by atoms with E-state index in [9.17, 15) is 45.4 Å². The second kappa shape index (κ2) is 12.1. The lowest BCUT2D eigenvalue weighted by Gasteiger charge is -2.54. The second-order valence-electron chi connectivity index (χ2n) is 11.7. The summed E-state index contributed by atoms with van der Waals surface area (Å²) in [6.07, 6.45) is -11.0. The first-order valence-corrected chi connectivity index (χ1v) is 14.1. The number of aliphatic hydroxyl groups is 1. The molecule has 2 unspecified atom stereocenters. The van der Waals surface area contributed by atoms with Gasteiger partial charge in [-0.15, -0.1) is 0 Å². The zero-order valence-corrected chi connectivity index (χ0v) is 23.4. The molecule has 0 radical (unpaired) electrons. The molecule has 2 amide bonds. The fraction of sp³-hybridized carbons (Fsp3) is 0.452. The molecular weight excluding hydrogens is 595 g/mol. The Labute approximate surface area is 248 Å². The standard InChI is InChI=1S/C31H30F7N3O3/c32-25(33)13-29(14-26(34)35)17-41(16-18-1-3-21(4-2-18)31(36,37)38)10-9-30(29,44)22-5-7-24-19(12-22)11-20(15-39-24)23-6-8-27(42)40-28(23)43/h1-5,7,11-12,15,23,25-26,44H,6,8-10,13-14,16-17H2,(H,40,42,43). The van der Waals surface area contributed by atoms with E-state index in [1.54, 1.807) is 17.0 Å². The molecule has 2 atom stereocenters. The van der Waals surface area contributed by atoms with Crippen LogP contribution < -0.4 is 5.32 Å². The van der Waals surface area contributed by atoms with Crippen molar-refractivity contribution in [2.24, 2.45) is 5.41 Å². The smallest absolute Gasteiger partial charge is 0.384 e. The van der Waals surface area contributed by atoms with Crippen molar-refractivity contribution in [2.75, 3.05) is 13.1 Å². The molecule has 1 aromatic heterocycles. The Morgan fingerprint density at radius 1 is 1.00 bits per heavy atom. The Morgan fingerprint density at radius 2 is 1.68 bits per heavy atom. The van der Waals surface area contributed by atoms with Crippen LogP contribution in [-0.2, 0) is 27.9 Å². The van der Waals surface area contributed by atoms with E-state index in [1.807, 2.05) is 0 Å². The van der Waals surface area contributed by atoms with Gasteiger partial charge in [0.15, 0.2) is 0 Å². The van der Waals surface area contributed by atoms with E-state index in [4.69, 9.17) is 0 Å². The molecule has 0 bridgehead atoms. The largest absolute Gasteiger partial charge is 0.416 e. The molecule has 2 saturated heterocycles. The number of piperidine rings is 2. The summed E-state index contributed by atoms with van der Waals surface area (Å²) in [5, 5.41) is 14.9. The van der Waals surface area contributed by atoms with E-state index in [0.29, 0.717) is 22.0 Å². The van der Waals surface area contributed by atoms with Crippen LogP contribution in [0, 0.1) is 5.41 Å². The monoisotopic (exact) mass is 625 g/mol. The highest BCUT2D eigenvalue weighted by Gasteiger charge is 2.56. The molecule has 2 N–H and O–H groups in total. The number of aromatic nitrogens is 1. The maximum Gasteiger partial charge on any atom is 0.416 e. The van der Waals surface area contributed by atoms with Crippen molar-refractivity contribution in [3.8, 4) is 0 Å². The highest BCUT2D eigenvalue weighted by molar-refractivity contribution is 6.01. The van der Waals surface area contributed by atoms with Crippen LogP contribution in [0.2, 0.25) is 0 Å². The molecule has 0 aliphatic carbocycles. The fourth-order valence-corrected chi connectivity index (χ4v) is 6.61. The maximum atomic E-state index is 14.1. The quantitative estimate of drug-likeness (QED) is 0.232. The second-order valence-corrected chi connectivity index (χ2v) is 11.7. The number of hydrogen-bond donors (Lipinski definition) is 2. The van der Waals surface area contributed by atoms with Gasteiger partial charge in [-0.05, 0) is 59.9 Å². The van der Waals surface area contributed by atoms with E-state index in [0.717, 1.165) is 12.1 Å². The van der Waals surface area contributed by atoms with Gasteiger partial charge in [-0.2, -0.15) is 13.2 Å². The number of carbonyl (C=O) groups is 2. The van der Waals surface area contributed by atoms with Crippen LogP contribution in [-0.4, -0.2) is 52.7 Å². The predicted octanol–water partition coefficient (Wildman–Crippen LogP) is 6.16. The lowest BCUT2D eigenvalue weighted by molar-refractivity contribution is -0.179. The minimum Gasteiger partial charge on any atom is -0.384 e. The summed E-state index contributed by atoms with van der Waals surface area (Å²) in [5.41, 5.74) is -3.44. The number of pyridine rings is 1. The first-order chi connectivity index (χ1) is 20.7. The van der Waals surface area contributed by atoms with Crippen LogP contribution in [0.5, 0.6) is 0 Å². The van der Waals surface area contributed by atoms with E-state index in [1.165, 1.54) is 30.5 Å². The Morgan fingerprint density at radius 3 is 2.30 bits per heavy atom. The summed E-state index contributed by atoms with van der Waals surface area (Å²) in [4.78, 5) is 30.0. The van der Waals surface area contributed by atoms with Crippen LogP contribution in [0.1, 0.15) is 60.3 Å². The van der Waals surface area contributed by atoms with Crippen molar-refractivity contribution in [1.29, 1.82) is 0 Å². The van der Waals surface area contributed by atoms with E-state index in [2.05, 4.69) is 10.3 Å². The number of fused-ring (bicyclic) bond motifs is 1. The molecule has 44 heavy (non-hydrogen) atoms. The van der Waals surface area contributed by atoms with Crippen molar-refractivity contribution in [1.82, 2.24) is 15.2 Å². The number of benzene rings is 2. The van der Waals surface area contributed by atoms with Crippen LogP contribution >= 0.6 is 0 Å². The minimum atomic E-state index is -4.54. The van der Waals surface area contributed by atoms with E-state index >= 15 is 0 Å². The SMILES string of the molecule is O=C1CCC(c2cnc3ccc(C4(O)CCN(Cc5ccc(C(F)(F)F)cc5)CC4(CC(F)F)CC(F)F)cc3c2)C(=O)N1. The van der Waals surface area contributed by atoms with Crippen LogP contribution in [0.3, 0.4) is 0 Å². The third-order valence-electron chi connectivity index (χ3n) is 8.79. The van der Waals surface area contributed by atoms with E-state index < -0.39 is 60.3 Å². The molecule has 3 aromatic rings. The van der Waals surface area contributed by atoms with Gasteiger partial charge < -0.3 is 5.11 Å². The van der Waals surface area contributed by atoms with Gasteiger partial charge in [-0.25, -0.2) is 17.6 Å². The summed E-state index contributed by atoms with van der Waals surface area (Å²) in [7, 11) is 0. The highest BCUT2D eigenvalue weighted by Crippen LogP contribution is 2.53. The topological polar surface area (TPSA) is 82.5 Å². The molecular formula is C31H30F7N3O3. The number of carbonyl (C=O) groups excluding carboxylic acids is 2. The number of nitrogens with one attached hydrogen (secondary N) is 1. The van der Waals surface area contributed by atoms with Crippen molar-refractivity contribution >= 4 is 22.7 Å². The number of imide groups is 1. The third kappa shape index (κ3) is 6.44. The van der Waals surface area contributed by atoms with Crippen LogP contribution in [0.4, 0.5) is 30.7 Å². The molecule has 2 fully saturated rings. The van der Waals surface area contributed by atoms with Gasteiger partial charge in [0, 0.05) is 55.9 Å². The highest BCUT2D eigenvalue weighted by atomic mass is 19.4. The zero-order valence-electron chi connectivity index (χ0n) is 23.4. The number of hydrogen-bond acceptors (Lipinski definition) is 5. The molecule has 3 heterocycles. The molecule has 2 aliphatic rings. The van der Waals surface area contributed by atoms with Gasteiger partial charge in [-0.3, -0.25) is 24.8 Å². The first kappa shape index (κ1) is 31.8. The number of halogens is 7. The van der Waals surface area contributed by atoms with Gasteiger partial charge in [-0.1, -0.05) is 18.2 Å². The van der Waals surface area contributed by atoms with Gasteiger partial charge in [0.2, 0.25) is 24.7 Å². The summed E-state index contributed by atoms with van der Waals surface area (Å²) < 4.78 is 95.4. The summed E-state index contributed by atoms with van der Waals surface area (Å²) in [6.45, 7) is -0.246. The van der Waals surface area contributed by atoms with Crippen molar-refractivity contribution in [3.05, 3.63) is 77.0 Å². The minimum absolute atomic E-state index is 0.0133. The summed E-state index contributed by atoms with van der Waals surface area (Å²) in [6, 6.07) is 10.5. The Balaban J connectivity index is 1.50. The maximum absolute atomic E-state index is 14.1. The average molecular weight is 626 g/mol. The number of amides is 2.